The Balaban J connectivity index is 1.33. The number of benzene rings is 2. The van der Waals surface area contributed by atoms with Crippen LogP contribution in [0.15, 0.2) is 48.5 Å². The number of nitro benzene ring substituents is 1. The summed E-state index contributed by atoms with van der Waals surface area (Å²) >= 11 is 1.73. The lowest BCUT2D eigenvalue weighted by Crippen LogP contribution is -3.13. The number of para-hydroxylation sites is 2. The van der Waals surface area contributed by atoms with E-state index in [1.807, 2.05) is 23.1 Å². The number of thiazole rings is 1. The number of nitrogens with zero attached hydrogens (tertiary/aromatic N) is 3. The topological polar surface area (TPSA) is 80.8 Å². The Morgan fingerprint density at radius 2 is 1.86 bits per heavy atom. The van der Waals surface area contributed by atoms with E-state index in [0.29, 0.717) is 18.7 Å². The molecular formula is C20H21N4O3S+. The van der Waals surface area contributed by atoms with Gasteiger partial charge in [0.05, 0.1) is 47.7 Å². The molecule has 3 aromatic rings. The molecule has 8 heteroatoms. The zero-order valence-electron chi connectivity index (χ0n) is 15.3. The van der Waals surface area contributed by atoms with E-state index in [1.165, 1.54) is 15.7 Å². The van der Waals surface area contributed by atoms with E-state index in [4.69, 9.17) is 4.98 Å². The van der Waals surface area contributed by atoms with Crippen LogP contribution in [0.5, 0.6) is 0 Å². The molecule has 0 saturated carbocycles. The molecule has 4 rings (SSSR count). The van der Waals surface area contributed by atoms with Gasteiger partial charge in [0.2, 0.25) is 5.91 Å². The molecule has 1 saturated heterocycles. The highest BCUT2D eigenvalue weighted by molar-refractivity contribution is 7.18. The number of fused-ring (bicyclic) bond motifs is 1. The summed E-state index contributed by atoms with van der Waals surface area (Å²) in [5, 5.41) is 12.3. The molecule has 1 aliphatic heterocycles. The molecule has 1 N–H and O–H groups in total. The minimum atomic E-state index is -0.428. The molecule has 0 spiro atoms. The summed E-state index contributed by atoms with van der Waals surface area (Å²) in [7, 11) is 0. The van der Waals surface area contributed by atoms with Gasteiger partial charge < -0.3 is 9.80 Å². The van der Waals surface area contributed by atoms with Gasteiger partial charge in [-0.25, -0.2) is 4.98 Å². The van der Waals surface area contributed by atoms with Gasteiger partial charge in [0.1, 0.15) is 11.6 Å². The van der Waals surface area contributed by atoms with E-state index < -0.39 is 4.92 Å². The van der Waals surface area contributed by atoms with Crippen LogP contribution in [0.2, 0.25) is 0 Å². The predicted octanol–water partition coefficient (Wildman–Crippen LogP) is 1.67. The maximum atomic E-state index is 12.6. The lowest BCUT2D eigenvalue weighted by atomic mass is 10.1. The molecule has 0 unspecified atom stereocenters. The molecule has 2 heterocycles. The summed E-state index contributed by atoms with van der Waals surface area (Å²) in [6.07, 6.45) is 0.0738. The van der Waals surface area contributed by atoms with Gasteiger partial charge in [0, 0.05) is 11.6 Å². The molecule has 0 bridgehead atoms. The van der Waals surface area contributed by atoms with Gasteiger partial charge in [-0.3, -0.25) is 14.9 Å². The first-order chi connectivity index (χ1) is 13.6. The Morgan fingerprint density at radius 3 is 2.61 bits per heavy atom. The highest BCUT2D eigenvalue weighted by Gasteiger charge is 2.26. The Labute approximate surface area is 166 Å². The van der Waals surface area contributed by atoms with Crippen molar-refractivity contribution in [3.8, 4) is 0 Å². The number of amides is 1. The fraction of sp³-hybridized carbons (Fsp3) is 0.300. The van der Waals surface area contributed by atoms with Crippen molar-refractivity contribution in [3.05, 3.63) is 69.2 Å². The van der Waals surface area contributed by atoms with Gasteiger partial charge in [-0.15, -0.1) is 11.3 Å². The smallest absolute Gasteiger partial charge is 0.273 e. The second-order valence-corrected chi connectivity index (χ2v) is 8.06. The summed E-state index contributed by atoms with van der Waals surface area (Å²) < 4.78 is 1.20. The summed E-state index contributed by atoms with van der Waals surface area (Å²) in [5.41, 5.74) is 1.53. The monoisotopic (exact) mass is 397 g/mol. The Morgan fingerprint density at radius 1 is 1.14 bits per heavy atom. The summed E-state index contributed by atoms with van der Waals surface area (Å²) in [4.78, 5) is 31.2. The van der Waals surface area contributed by atoms with Gasteiger partial charge in [0.25, 0.3) is 5.69 Å². The molecule has 0 atom stereocenters. The third-order valence-corrected chi connectivity index (χ3v) is 6.13. The molecule has 1 aliphatic rings. The molecule has 1 fully saturated rings. The van der Waals surface area contributed by atoms with Crippen LogP contribution in [0.3, 0.4) is 0 Å². The molecule has 144 valence electrons. The number of hydrogen-bond donors (Lipinski definition) is 1. The molecule has 2 aromatic carbocycles. The Hall–Kier alpha value is -2.84. The van der Waals surface area contributed by atoms with Gasteiger partial charge in [-0.2, -0.15) is 0 Å². The SMILES string of the molecule is O=C(Cc1ccccc1[N+](=O)[O-])N1CC[NH+](Cc2nc3ccccc3s2)CC1. The number of carbonyl (C=O) groups excluding carboxylic acids is 1. The highest BCUT2D eigenvalue weighted by atomic mass is 32.1. The van der Waals surface area contributed by atoms with Crippen molar-refractivity contribution in [2.24, 2.45) is 0 Å². The van der Waals surface area contributed by atoms with Crippen LogP contribution in [0.4, 0.5) is 5.69 Å². The van der Waals surface area contributed by atoms with E-state index >= 15 is 0 Å². The molecule has 28 heavy (non-hydrogen) atoms. The maximum absolute atomic E-state index is 12.6. The number of aromatic nitrogens is 1. The van der Waals surface area contributed by atoms with Crippen LogP contribution < -0.4 is 4.90 Å². The number of nitro groups is 1. The number of piperazine rings is 1. The van der Waals surface area contributed by atoms with Crippen LogP contribution in [0.25, 0.3) is 10.2 Å². The Bertz CT molecular complexity index is 978. The van der Waals surface area contributed by atoms with Gasteiger partial charge in [-0.05, 0) is 12.1 Å². The summed E-state index contributed by atoms with van der Waals surface area (Å²) in [6.45, 7) is 3.92. The number of hydrogen-bond acceptors (Lipinski definition) is 5. The van der Waals surface area contributed by atoms with Crippen molar-refractivity contribution in [3.63, 3.8) is 0 Å². The predicted molar refractivity (Wildman–Crippen MR) is 107 cm³/mol. The normalized spacial score (nSPS) is 15.1. The average Bonchev–Trinajstić information content (AvgIpc) is 3.11. The maximum Gasteiger partial charge on any atom is 0.273 e. The lowest BCUT2D eigenvalue weighted by Gasteiger charge is -2.31. The summed E-state index contributed by atoms with van der Waals surface area (Å²) in [5.74, 6) is -0.0478. The van der Waals surface area contributed by atoms with E-state index in [2.05, 4.69) is 6.07 Å². The van der Waals surface area contributed by atoms with E-state index in [-0.39, 0.29) is 18.0 Å². The fourth-order valence-electron chi connectivity index (χ4n) is 3.57. The van der Waals surface area contributed by atoms with Crippen molar-refractivity contribution < 1.29 is 14.6 Å². The standard InChI is InChI=1S/C20H20N4O3S/c25-20(13-15-5-1-3-7-17(15)24(26)27)23-11-9-22(10-12-23)14-19-21-16-6-2-4-8-18(16)28-19/h1-8H,9-14H2/p+1. The molecule has 1 aromatic heterocycles. The van der Waals surface area contributed by atoms with E-state index in [0.717, 1.165) is 30.2 Å². The van der Waals surface area contributed by atoms with Crippen LogP contribution in [-0.4, -0.2) is 46.9 Å². The third kappa shape index (κ3) is 4.02. The second-order valence-electron chi connectivity index (χ2n) is 6.95. The Kier molecular flexibility index (Phi) is 5.31. The number of quaternary nitrogens is 1. The van der Waals surface area contributed by atoms with Crippen molar-refractivity contribution in [1.29, 1.82) is 0 Å². The van der Waals surface area contributed by atoms with Crippen LogP contribution >= 0.6 is 11.3 Å². The number of nitrogens with one attached hydrogen (secondary N) is 1. The molecular weight excluding hydrogens is 376 g/mol. The second kappa shape index (κ2) is 8.04. The van der Waals surface area contributed by atoms with Crippen molar-refractivity contribution in [2.45, 2.75) is 13.0 Å². The quantitative estimate of drug-likeness (QED) is 0.525. The van der Waals surface area contributed by atoms with Crippen molar-refractivity contribution in [2.75, 3.05) is 26.2 Å². The summed E-state index contributed by atoms with van der Waals surface area (Å²) in [6, 6.07) is 14.6. The van der Waals surface area contributed by atoms with Crippen LogP contribution in [0.1, 0.15) is 10.6 Å². The lowest BCUT2D eigenvalue weighted by molar-refractivity contribution is -0.917. The van der Waals surface area contributed by atoms with Gasteiger partial charge in [-0.1, -0.05) is 30.3 Å². The molecule has 0 aliphatic carbocycles. The first-order valence-electron chi connectivity index (χ1n) is 9.28. The first-order valence-corrected chi connectivity index (χ1v) is 10.1. The molecule has 1 amide bonds. The third-order valence-electron chi connectivity index (χ3n) is 5.09. The largest absolute Gasteiger partial charge is 0.331 e. The van der Waals surface area contributed by atoms with E-state index in [9.17, 15) is 14.9 Å². The van der Waals surface area contributed by atoms with Crippen LogP contribution in [-0.2, 0) is 17.8 Å². The van der Waals surface area contributed by atoms with Crippen LogP contribution in [0, 0.1) is 10.1 Å². The highest BCUT2D eigenvalue weighted by Crippen LogP contribution is 2.21. The fourth-order valence-corrected chi connectivity index (χ4v) is 4.61. The van der Waals surface area contributed by atoms with E-state index in [1.54, 1.807) is 29.5 Å². The number of carbonyl (C=O) groups is 1. The number of rotatable bonds is 5. The minimum Gasteiger partial charge on any atom is -0.331 e. The van der Waals surface area contributed by atoms with Gasteiger partial charge in [0.15, 0.2) is 0 Å². The van der Waals surface area contributed by atoms with Crippen molar-refractivity contribution >= 4 is 33.1 Å². The van der Waals surface area contributed by atoms with Gasteiger partial charge >= 0.3 is 0 Å². The zero-order valence-corrected chi connectivity index (χ0v) is 16.2. The zero-order chi connectivity index (χ0) is 19.5. The molecule has 0 radical (unpaired) electrons. The molecule has 7 nitrogen and oxygen atoms in total. The van der Waals surface area contributed by atoms with Crippen molar-refractivity contribution in [1.82, 2.24) is 9.88 Å². The average molecular weight is 397 g/mol. The first kappa shape index (κ1) is 18.5. The minimum absolute atomic E-state index is 0.0101.